The van der Waals surface area contributed by atoms with Gasteiger partial charge in [0.25, 0.3) is 20.1 Å². The van der Waals surface area contributed by atoms with Crippen molar-refractivity contribution in [2.75, 3.05) is 13.2 Å². The standard InChI is InChI=1S/C68H86N10O11S5Si2/c1-19-85-64(83)51-37-90-59(75-51)45-30-31-46(60-74-50(36-92-60)61-72-48(34-91-61)56(80)76-53(40(5)88-95(17,18)67(11,12)13)58(82)69-32-39(4)86-42(7)79)70-55(45)47-33-93-63(71-47)54(77-57(81)49-35-94-62(73-49)52(38(2)3)78-65(84)87-66(8,9)10)41(6)89-96(68(14,15)16,43-26-22-20-23-27-43)44-28-24-21-25-29-44/h20-31,33-41,52-54H,19,32H2,1-18H3,(H,69,82)(H,76,80)(H,77,81)(H,78,84)/t39-,40+,41+,52+,53-,54-/m0/s1. The third-order valence-corrected chi connectivity index (χ3v) is 30.1. The van der Waals surface area contributed by atoms with Crippen molar-refractivity contribution in [1.82, 2.24) is 51.2 Å². The van der Waals surface area contributed by atoms with Gasteiger partial charge in [-0.15, -0.1) is 56.7 Å². The van der Waals surface area contributed by atoms with E-state index in [1.54, 1.807) is 57.7 Å². The molecule has 512 valence electrons. The SMILES string of the molecule is CCOC(=O)c1csc(-c2ccc(-c3nc(-c4nc(C(=O)N[C@H](C(=O)NC[C@H](C)OC(C)=O)[C@@H](C)O[Si](C)(C)C(C)(C)C)cs4)cs3)nc2-c2csc([C@@H](NC(=O)c3csc([C@H](NC(=O)OC(C)(C)C)C(C)C)n3)[C@@H](C)O[Si](c3ccccc3)(c3ccccc3)C(C)(C)C)n2)n1. The molecule has 0 aliphatic carbocycles. The topological polar surface area (TPSA) is 274 Å². The molecule has 4 N–H and O–H groups in total. The molecule has 28 heteroatoms. The Hall–Kier alpha value is -7.29. The number of hydrogen-bond donors (Lipinski definition) is 4. The summed E-state index contributed by atoms with van der Waals surface area (Å²) in [4.78, 5) is 111. The van der Waals surface area contributed by atoms with Crippen molar-refractivity contribution in [3.8, 4) is 43.4 Å². The maximum absolute atomic E-state index is 15.0. The van der Waals surface area contributed by atoms with Crippen LogP contribution in [0, 0.1) is 5.92 Å². The first-order valence-electron chi connectivity index (χ1n) is 31.6. The zero-order valence-electron chi connectivity index (χ0n) is 57.5. The number of nitrogens with one attached hydrogen (secondary N) is 4. The van der Waals surface area contributed by atoms with Crippen LogP contribution in [0.2, 0.25) is 23.2 Å². The minimum atomic E-state index is -3.28. The number of ether oxygens (including phenoxy) is 3. The molecule has 6 aromatic heterocycles. The third-order valence-electron chi connectivity index (χ3n) is 16.0. The van der Waals surface area contributed by atoms with Crippen LogP contribution in [0.1, 0.15) is 164 Å². The Morgan fingerprint density at radius 1 is 0.552 bits per heavy atom. The van der Waals surface area contributed by atoms with Gasteiger partial charge in [0, 0.05) is 39.4 Å². The lowest BCUT2D eigenvalue weighted by atomic mass is 10.1. The number of nitrogens with zero attached hydrogens (tertiary/aromatic N) is 6. The lowest BCUT2D eigenvalue weighted by molar-refractivity contribution is -0.146. The predicted octanol–water partition coefficient (Wildman–Crippen LogP) is 13.4. The number of alkyl carbamates (subject to hydrolysis) is 1. The number of thiazole rings is 5. The highest BCUT2D eigenvalue weighted by atomic mass is 32.1. The average Bonchev–Trinajstić information content (AvgIpc) is 0.836. The van der Waals surface area contributed by atoms with E-state index < -0.39 is 99.5 Å². The summed E-state index contributed by atoms with van der Waals surface area (Å²) in [6.07, 6.45) is -2.68. The van der Waals surface area contributed by atoms with Gasteiger partial charge >= 0.3 is 18.0 Å². The van der Waals surface area contributed by atoms with Gasteiger partial charge in [-0.05, 0) is 100 Å². The Kier molecular flexibility index (Phi) is 24.1. The highest BCUT2D eigenvalue weighted by Crippen LogP contribution is 2.43. The summed E-state index contributed by atoms with van der Waals surface area (Å²) in [6, 6.07) is 21.6. The summed E-state index contributed by atoms with van der Waals surface area (Å²) >= 11 is 6.34. The number of carbonyl (C=O) groups is 6. The van der Waals surface area contributed by atoms with Crippen molar-refractivity contribution in [3.63, 3.8) is 0 Å². The quantitative estimate of drug-likeness (QED) is 0.0223. The number of carbonyl (C=O) groups excluding carboxylic acids is 6. The first-order valence-corrected chi connectivity index (χ1v) is 40.8. The van der Waals surface area contributed by atoms with Gasteiger partial charge in [0.15, 0.2) is 14.0 Å². The Balaban J connectivity index is 1.17. The van der Waals surface area contributed by atoms with E-state index in [1.165, 1.54) is 63.6 Å². The summed E-state index contributed by atoms with van der Waals surface area (Å²) in [5.41, 5.74) is 1.95. The minimum Gasteiger partial charge on any atom is -0.461 e. The van der Waals surface area contributed by atoms with E-state index in [-0.39, 0.29) is 41.2 Å². The van der Waals surface area contributed by atoms with Crippen LogP contribution in [0.5, 0.6) is 0 Å². The Morgan fingerprint density at radius 2 is 1.10 bits per heavy atom. The normalized spacial score (nSPS) is 14.2. The third kappa shape index (κ3) is 18.1. The zero-order valence-corrected chi connectivity index (χ0v) is 63.6. The molecule has 0 fully saturated rings. The molecular weight excluding hydrogens is 1350 g/mol. The Morgan fingerprint density at radius 3 is 1.71 bits per heavy atom. The largest absolute Gasteiger partial charge is 0.461 e. The fraction of sp³-hybridized carbons (Fsp3) is 0.441. The van der Waals surface area contributed by atoms with E-state index in [2.05, 4.69) is 100 Å². The summed E-state index contributed by atoms with van der Waals surface area (Å²) < 4.78 is 30.5. The number of aromatic nitrogens is 6. The molecule has 0 saturated heterocycles. The molecule has 0 saturated carbocycles. The van der Waals surface area contributed by atoms with E-state index in [0.29, 0.717) is 53.4 Å². The molecule has 0 aliphatic heterocycles. The number of pyridine rings is 1. The molecule has 4 amide bonds. The summed E-state index contributed by atoms with van der Waals surface area (Å²) in [5.74, 6) is -2.76. The van der Waals surface area contributed by atoms with Crippen LogP contribution >= 0.6 is 56.7 Å². The van der Waals surface area contributed by atoms with Gasteiger partial charge in [0.05, 0.1) is 37.1 Å². The molecule has 96 heavy (non-hydrogen) atoms. The molecule has 6 atom stereocenters. The van der Waals surface area contributed by atoms with Crippen LogP contribution in [0.15, 0.2) is 99.7 Å². The summed E-state index contributed by atoms with van der Waals surface area (Å²) in [7, 11) is -5.72. The molecule has 0 unspecified atom stereocenters. The van der Waals surface area contributed by atoms with Gasteiger partial charge in [0.2, 0.25) is 5.91 Å². The molecule has 21 nitrogen and oxygen atoms in total. The molecular formula is C68H86N10O11S5Si2. The first-order chi connectivity index (χ1) is 45.1. The zero-order chi connectivity index (χ0) is 70.2. The minimum absolute atomic E-state index is 0.0185. The molecule has 6 heterocycles. The van der Waals surface area contributed by atoms with Crippen LogP contribution in [-0.4, -0.2) is 125 Å². The van der Waals surface area contributed by atoms with Gasteiger partial charge in [-0.3, -0.25) is 19.2 Å². The molecule has 0 aliphatic rings. The fourth-order valence-corrected chi connectivity index (χ4v) is 20.8. The van der Waals surface area contributed by atoms with Crippen LogP contribution < -0.4 is 31.6 Å². The number of amides is 4. The Labute approximate surface area is 583 Å². The smallest absolute Gasteiger partial charge is 0.408 e. The van der Waals surface area contributed by atoms with Crippen molar-refractivity contribution in [2.45, 2.75) is 176 Å². The van der Waals surface area contributed by atoms with E-state index in [9.17, 15) is 28.8 Å². The lowest BCUT2D eigenvalue weighted by Crippen LogP contribution is -2.68. The molecule has 0 radical (unpaired) electrons. The van der Waals surface area contributed by atoms with Gasteiger partial charge in [-0.1, -0.05) is 116 Å². The van der Waals surface area contributed by atoms with Gasteiger partial charge in [-0.2, -0.15) is 0 Å². The first kappa shape index (κ1) is 74.5. The predicted molar refractivity (Wildman–Crippen MR) is 385 cm³/mol. The molecule has 2 aromatic carbocycles. The second kappa shape index (κ2) is 31.1. The van der Waals surface area contributed by atoms with Crippen molar-refractivity contribution in [1.29, 1.82) is 0 Å². The van der Waals surface area contributed by atoms with Crippen molar-refractivity contribution in [2.24, 2.45) is 5.92 Å². The Bertz CT molecular complexity index is 3980. The van der Waals surface area contributed by atoms with E-state index in [1.807, 2.05) is 80.1 Å². The van der Waals surface area contributed by atoms with Gasteiger partial charge < -0.3 is 44.3 Å². The van der Waals surface area contributed by atoms with Crippen LogP contribution in [-0.2, 0) is 32.7 Å². The van der Waals surface area contributed by atoms with Crippen molar-refractivity contribution in [3.05, 3.63) is 127 Å². The van der Waals surface area contributed by atoms with Crippen LogP contribution in [0.3, 0.4) is 0 Å². The van der Waals surface area contributed by atoms with Crippen LogP contribution in [0.4, 0.5) is 4.79 Å². The lowest BCUT2D eigenvalue weighted by Gasteiger charge is -2.45. The number of rotatable bonds is 26. The van der Waals surface area contributed by atoms with Gasteiger partial charge in [0.1, 0.15) is 77.3 Å². The highest BCUT2D eigenvalue weighted by molar-refractivity contribution is 7.15. The molecule has 0 bridgehead atoms. The second-order valence-corrected chi connectivity index (χ2v) is 40.4. The van der Waals surface area contributed by atoms with E-state index in [0.717, 1.165) is 10.4 Å². The molecule has 8 aromatic rings. The molecule has 8 rings (SSSR count). The number of benzene rings is 2. The van der Waals surface area contributed by atoms with E-state index in [4.69, 9.17) is 53.0 Å². The van der Waals surface area contributed by atoms with Gasteiger partial charge in [-0.25, -0.2) is 39.5 Å². The van der Waals surface area contributed by atoms with E-state index >= 15 is 0 Å². The maximum Gasteiger partial charge on any atom is 0.408 e. The second-order valence-electron chi connectivity index (χ2n) is 27.1. The fourth-order valence-electron chi connectivity index (χ4n) is 10.3. The summed E-state index contributed by atoms with van der Waals surface area (Å²) in [6.45, 7) is 34.8. The number of esters is 2. The van der Waals surface area contributed by atoms with Crippen molar-refractivity contribution >= 4 is 119 Å². The summed E-state index contributed by atoms with van der Waals surface area (Å²) in [5, 5.41) is 24.4. The van der Waals surface area contributed by atoms with Crippen molar-refractivity contribution < 1.29 is 51.8 Å². The molecule has 0 spiro atoms. The number of hydrogen-bond acceptors (Lipinski definition) is 22. The monoisotopic (exact) mass is 1430 g/mol. The van der Waals surface area contributed by atoms with Crippen LogP contribution in [0.25, 0.3) is 43.4 Å². The highest BCUT2D eigenvalue weighted by Gasteiger charge is 2.52. The maximum atomic E-state index is 15.0. The average molecular weight is 1440 g/mol.